The topological polar surface area (TPSA) is 90.3 Å². The Morgan fingerprint density at radius 2 is 2.07 bits per heavy atom. The van der Waals surface area contributed by atoms with Gasteiger partial charge in [0.1, 0.15) is 10.7 Å². The molecule has 0 atom stereocenters. The molecule has 0 saturated heterocycles. The lowest BCUT2D eigenvalue weighted by Gasteiger charge is -2.11. The van der Waals surface area contributed by atoms with E-state index in [1.165, 1.54) is 18.4 Å². The highest BCUT2D eigenvalue weighted by molar-refractivity contribution is 7.12. The Morgan fingerprint density at radius 3 is 2.89 bits per heavy atom. The molecule has 8 heteroatoms. The summed E-state index contributed by atoms with van der Waals surface area (Å²) in [5.74, 6) is -0.0955. The summed E-state index contributed by atoms with van der Waals surface area (Å²) < 4.78 is 6.48. The van der Waals surface area contributed by atoms with Crippen LogP contribution in [-0.4, -0.2) is 28.5 Å². The predicted molar refractivity (Wildman–Crippen MR) is 107 cm³/mol. The van der Waals surface area contributed by atoms with Crippen LogP contribution in [0.3, 0.4) is 0 Å². The van der Waals surface area contributed by atoms with E-state index in [9.17, 15) is 14.4 Å². The van der Waals surface area contributed by atoms with Crippen molar-refractivity contribution in [2.75, 3.05) is 12.4 Å². The van der Waals surface area contributed by atoms with E-state index in [1.54, 1.807) is 34.2 Å². The number of nitrogens with one attached hydrogen (secondary N) is 1. The number of anilines is 1. The Kier molecular flexibility index (Phi) is 4.95. The molecule has 0 spiro atoms. The van der Waals surface area contributed by atoms with E-state index in [4.69, 9.17) is 4.74 Å². The number of benzene rings is 1. The number of amides is 1. The first kappa shape index (κ1) is 18.4. The molecular formula is C20H19N3O4S. The normalized spacial score (nSPS) is 13.6. The van der Waals surface area contributed by atoms with Crippen LogP contribution in [0.1, 0.15) is 45.1 Å². The van der Waals surface area contributed by atoms with Gasteiger partial charge in [0, 0.05) is 18.5 Å². The average molecular weight is 397 g/mol. The molecule has 0 radical (unpaired) electrons. The van der Waals surface area contributed by atoms with Crippen LogP contribution in [-0.2, 0) is 17.7 Å². The molecule has 1 aromatic carbocycles. The summed E-state index contributed by atoms with van der Waals surface area (Å²) in [6.07, 6.45) is 3.82. The smallest absolute Gasteiger partial charge is 0.350 e. The largest absolute Gasteiger partial charge is 0.465 e. The summed E-state index contributed by atoms with van der Waals surface area (Å²) in [4.78, 5) is 42.2. The Morgan fingerprint density at radius 1 is 1.21 bits per heavy atom. The van der Waals surface area contributed by atoms with Gasteiger partial charge >= 0.3 is 5.97 Å². The molecule has 2 aromatic heterocycles. The maximum Gasteiger partial charge on any atom is 0.350 e. The summed E-state index contributed by atoms with van der Waals surface area (Å²) in [7, 11) is 1.30. The van der Waals surface area contributed by atoms with E-state index in [2.05, 4.69) is 10.3 Å². The number of aryl methyl sites for hydroxylation is 1. The number of aromatic nitrogens is 2. The van der Waals surface area contributed by atoms with Gasteiger partial charge in [-0.2, -0.15) is 0 Å². The number of carbonyl (C=O) groups is 2. The highest BCUT2D eigenvalue weighted by Crippen LogP contribution is 2.24. The van der Waals surface area contributed by atoms with Crippen LogP contribution in [0.4, 0.5) is 5.69 Å². The summed E-state index contributed by atoms with van der Waals surface area (Å²) in [5.41, 5.74) is 1.24. The standard InChI is InChI=1S/C20H19N3O4S/c1-27-20(26)17-14(8-10-28-17)22-18(24)12-6-7-13-15(11-12)21-16-5-3-2-4-9-23(16)19(13)25/h6-8,10-11H,2-5,9H2,1H3,(H,22,24). The van der Waals surface area contributed by atoms with Gasteiger partial charge in [0.2, 0.25) is 0 Å². The fourth-order valence-corrected chi connectivity index (χ4v) is 4.18. The molecule has 144 valence electrons. The van der Waals surface area contributed by atoms with Crippen LogP contribution in [0.15, 0.2) is 34.4 Å². The zero-order valence-electron chi connectivity index (χ0n) is 15.4. The van der Waals surface area contributed by atoms with Gasteiger partial charge in [0.25, 0.3) is 11.5 Å². The summed E-state index contributed by atoms with van der Waals surface area (Å²) >= 11 is 1.20. The maximum absolute atomic E-state index is 12.8. The number of ether oxygens (including phenoxy) is 1. The van der Waals surface area contributed by atoms with Crippen molar-refractivity contribution >= 4 is 39.8 Å². The SMILES string of the molecule is COC(=O)c1sccc1NC(=O)c1ccc2c(=O)n3c(nc2c1)CCCCC3. The number of methoxy groups -OCH3 is 1. The zero-order valence-corrected chi connectivity index (χ0v) is 16.2. The van der Waals surface area contributed by atoms with Gasteiger partial charge in [-0.15, -0.1) is 11.3 Å². The molecule has 0 aliphatic carbocycles. The highest BCUT2D eigenvalue weighted by Gasteiger charge is 2.18. The Hall–Kier alpha value is -3.00. The lowest BCUT2D eigenvalue weighted by Crippen LogP contribution is -2.24. The van der Waals surface area contributed by atoms with E-state index in [-0.39, 0.29) is 11.5 Å². The molecule has 28 heavy (non-hydrogen) atoms. The molecular weight excluding hydrogens is 378 g/mol. The van der Waals surface area contributed by atoms with Gasteiger partial charge in [0.15, 0.2) is 0 Å². The molecule has 4 rings (SSSR count). The summed E-state index contributed by atoms with van der Waals surface area (Å²) in [6.45, 7) is 0.688. The van der Waals surface area contributed by atoms with Gasteiger partial charge in [-0.1, -0.05) is 6.42 Å². The highest BCUT2D eigenvalue weighted by atomic mass is 32.1. The van der Waals surface area contributed by atoms with E-state index < -0.39 is 5.97 Å². The lowest BCUT2D eigenvalue weighted by atomic mass is 10.1. The van der Waals surface area contributed by atoms with Gasteiger partial charge < -0.3 is 10.1 Å². The van der Waals surface area contributed by atoms with Crippen molar-refractivity contribution in [3.63, 3.8) is 0 Å². The number of esters is 1. The van der Waals surface area contributed by atoms with Crippen molar-refractivity contribution in [1.29, 1.82) is 0 Å². The molecule has 1 aliphatic heterocycles. The zero-order chi connectivity index (χ0) is 19.7. The van der Waals surface area contributed by atoms with Crippen LogP contribution in [0.5, 0.6) is 0 Å². The first-order valence-corrected chi connectivity index (χ1v) is 9.97. The second-order valence-electron chi connectivity index (χ2n) is 6.64. The molecule has 3 heterocycles. The van der Waals surface area contributed by atoms with E-state index in [0.29, 0.717) is 33.6 Å². The Bertz CT molecular complexity index is 1130. The monoisotopic (exact) mass is 397 g/mol. The molecule has 1 amide bonds. The van der Waals surface area contributed by atoms with Gasteiger partial charge in [0.05, 0.1) is 23.7 Å². The minimum Gasteiger partial charge on any atom is -0.465 e. The molecule has 0 fully saturated rings. The van der Waals surface area contributed by atoms with Crippen LogP contribution in [0.2, 0.25) is 0 Å². The van der Waals surface area contributed by atoms with Crippen molar-refractivity contribution in [1.82, 2.24) is 9.55 Å². The molecule has 1 aliphatic rings. The predicted octanol–water partition coefficient (Wildman–Crippen LogP) is 3.22. The fraction of sp³-hybridized carbons (Fsp3) is 0.300. The van der Waals surface area contributed by atoms with Crippen LogP contribution >= 0.6 is 11.3 Å². The van der Waals surface area contributed by atoms with Crippen LogP contribution < -0.4 is 10.9 Å². The summed E-state index contributed by atoms with van der Waals surface area (Å²) in [6, 6.07) is 6.53. The first-order valence-electron chi connectivity index (χ1n) is 9.09. The van der Waals surface area contributed by atoms with Crippen molar-refractivity contribution in [2.24, 2.45) is 0 Å². The second-order valence-corrected chi connectivity index (χ2v) is 7.55. The Labute approximate surface area is 165 Å². The minimum atomic E-state index is -0.499. The van der Waals surface area contributed by atoms with E-state index in [0.717, 1.165) is 31.5 Å². The van der Waals surface area contributed by atoms with Crippen LogP contribution in [0.25, 0.3) is 10.9 Å². The number of hydrogen-bond donors (Lipinski definition) is 1. The lowest BCUT2D eigenvalue weighted by molar-refractivity contribution is 0.0607. The van der Waals surface area contributed by atoms with Crippen molar-refractivity contribution in [3.05, 3.63) is 56.3 Å². The van der Waals surface area contributed by atoms with E-state index in [1.807, 2.05) is 0 Å². The molecule has 0 saturated carbocycles. The average Bonchev–Trinajstić information content (AvgIpc) is 3.03. The first-order chi connectivity index (χ1) is 13.6. The number of nitrogens with zero attached hydrogens (tertiary/aromatic N) is 2. The van der Waals surface area contributed by atoms with Gasteiger partial charge in [-0.05, 0) is 42.5 Å². The fourth-order valence-electron chi connectivity index (χ4n) is 3.41. The molecule has 1 N–H and O–H groups in total. The third-order valence-electron chi connectivity index (χ3n) is 4.86. The molecule has 3 aromatic rings. The molecule has 0 bridgehead atoms. The van der Waals surface area contributed by atoms with Crippen molar-refractivity contribution in [2.45, 2.75) is 32.2 Å². The second kappa shape index (κ2) is 7.55. The summed E-state index contributed by atoms with van der Waals surface area (Å²) in [5, 5.41) is 4.95. The number of carbonyl (C=O) groups excluding carboxylic acids is 2. The quantitative estimate of drug-likeness (QED) is 0.686. The van der Waals surface area contributed by atoms with Crippen molar-refractivity contribution < 1.29 is 14.3 Å². The number of rotatable bonds is 3. The number of fused-ring (bicyclic) bond motifs is 2. The number of thiophene rings is 1. The Balaban J connectivity index is 1.68. The van der Waals surface area contributed by atoms with Gasteiger partial charge in [-0.25, -0.2) is 9.78 Å². The minimum absolute atomic E-state index is 0.0559. The maximum atomic E-state index is 12.8. The molecule has 0 unspecified atom stereocenters. The third-order valence-corrected chi connectivity index (χ3v) is 5.76. The van der Waals surface area contributed by atoms with Crippen LogP contribution in [0, 0.1) is 0 Å². The van der Waals surface area contributed by atoms with Gasteiger partial charge in [-0.3, -0.25) is 14.2 Å². The van der Waals surface area contributed by atoms with E-state index >= 15 is 0 Å². The third kappa shape index (κ3) is 3.31. The molecule has 7 nitrogen and oxygen atoms in total. The van der Waals surface area contributed by atoms with Crippen molar-refractivity contribution in [3.8, 4) is 0 Å². The number of hydrogen-bond acceptors (Lipinski definition) is 6.